The lowest BCUT2D eigenvalue weighted by molar-refractivity contribution is -0.137. The van der Waals surface area contributed by atoms with Crippen molar-refractivity contribution in [1.29, 1.82) is 0 Å². The molecule has 1 unspecified atom stereocenters. The summed E-state index contributed by atoms with van der Waals surface area (Å²) < 4.78 is 11.1. The van der Waals surface area contributed by atoms with Crippen LogP contribution in [0.3, 0.4) is 0 Å². The molecule has 0 radical (unpaired) electrons. The van der Waals surface area contributed by atoms with E-state index in [4.69, 9.17) is 15.2 Å². The smallest absolute Gasteiger partial charge is 0.404 e. The third-order valence-electron chi connectivity index (χ3n) is 6.74. The molecule has 9 heteroatoms. The summed E-state index contributed by atoms with van der Waals surface area (Å²) in [5, 5.41) is 6.49. The number of methoxy groups -OCH3 is 1. The number of ketones is 2. The first-order chi connectivity index (χ1) is 14.9. The predicted molar refractivity (Wildman–Crippen MR) is 109 cm³/mol. The Hall–Kier alpha value is -3.17. The molecule has 0 spiro atoms. The maximum Gasteiger partial charge on any atom is 0.404 e. The number of primary amides is 1. The Morgan fingerprint density at radius 3 is 2.71 bits per heavy atom. The van der Waals surface area contributed by atoms with Crippen molar-refractivity contribution in [3.8, 4) is 0 Å². The molecule has 5 rings (SSSR count). The zero-order valence-corrected chi connectivity index (χ0v) is 17.3. The van der Waals surface area contributed by atoms with Crippen molar-refractivity contribution >= 4 is 17.7 Å². The van der Waals surface area contributed by atoms with E-state index in [9.17, 15) is 14.4 Å². The van der Waals surface area contributed by atoms with Gasteiger partial charge in [0, 0.05) is 37.4 Å². The van der Waals surface area contributed by atoms with Crippen LogP contribution in [0.15, 0.2) is 52.9 Å². The molecule has 162 valence electrons. The number of amides is 1. The van der Waals surface area contributed by atoms with E-state index in [1.54, 1.807) is 14.0 Å². The molecule has 0 bridgehead atoms. The number of fused-ring (bicyclic) bond motifs is 4. The lowest BCUT2D eigenvalue weighted by Crippen LogP contribution is -2.55. The lowest BCUT2D eigenvalue weighted by atomic mass is 9.82. The van der Waals surface area contributed by atoms with Gasteiger partial charge in [0.15, 0.2) is 5.72 Å². The summed E-state index contributed by atoms with van der Waals surface area (Å²) in [4.78, 5) is 40.3. The molecule has 1 aromatic carbocycles. The first kappa shape index (κ1) is 19.8. The Kier molecular flexibility index (Phi) is 4.42. The molecule has 4 aliphatic rings. The predicted octanol–water partition coefficient (Wildman–Crippen LogP) is 0.180. The molecule has 0 saturated carbocycles. The number of carbonyl (C=O) groups is 3. The first-order valence-electron chi connectivity index (χ1n) is 10.2. The summed E-state index contributed by atoms with van der Waals surface area (Å²) in [7, 11) is 1.55. The molecule has 1 aliphatic carbocycles. The van der Waals surface area contributed by atoms with Crippen molar-refractivity contribution in [1.82, 2.24) is 15.5 Å². The minimum Gasteiger partial charge on any atom is -0.449 e. The molecule has 4 N–H and O–H groups in total. The number of ether oxygens (including phenoxy) is 2. The fraction of sp³-hybridized carbons (Fsp3) is 0.409. The van der Waals surface area contributed by atoms with Gasteiger partial charge >= 0.3 is 6.09 Å². The number of allylic oxidation sites excluding steroid dienone is 2. The molecular formula is C22H24N4O5. The maximum absolute atomic E-state index is 13.6. The van der Waals surface area contributed by atoms with Gasteiger partial charge in [-0.15, -0.1) is 0 Å². The van der Waals surface area contributed by atoms with E-state index in [2.05, 4.69) is 10.6 Å². The third kappa shape index (κ3) is 2.73. The van der Waals surface area contributed by atoms with E-state index >= 15 is 0 Å². The zero-order valence-electron chi connectivity index (χ0n) is 17.3. The highest BCUT2D eigenvalue weighted by Crippen LogP contribution is 2.55. The van der Waals surface area contributed by atoms with Gasteiger partial charge in [0.25, 0.3) is 0 Å². The number of nitrogens with zero attached hydrogens (tertiary/aromatic N) is 1. The molecule has 4 atom stereocenters. The van der Waals surface area contributed by atoms with Gasteiger partial charge in [0.1, 0.15) is 6.61 Å². The van der Waals surface area contributed by atoms with E-state index < -0.39 is 17.7 Å². The van der Waals surface area contributed by atoms with Crippen molar-refractivity contribution in [2.24, 2.45) is 11.7 Å². The van der Waals surface area contributed by atoms with Crippen molar-refractivity contribution in [3.63, 3.8) is 0 Å². The molecule has 2 fully saturated rings. The van der Waals surface area contributed by atoms with Crippen molar-refractivity contribution in [2.45, 2.75) is 31.3 Å². The fourth-order valence-electron chi connectivity index (χ4n) is 5.29. The minimum absolute atomic E-state index is 0.0637. The summed E-state index contributed by atoms with van der Waals surface area (Å²) in [5.74, 6) is -1.12. The Morgan fingerprint density at radius 1 is 1.29 bits per heavy atom. The second kappa shape index (κ2) is 6.93. The molecule has 3 aliphatic heterocycles. The Labute approximate surface area is 179 Å². The van der Waals surface area contributed by atoms with Crippen LogP contribution < -0.4 is 16.4 Å². The van der Waals surface area contributed by atoms with Gasteiger partial charge in [0.2, 0.25) is 11.6 Å². The highest BCUT2D eigenvalue weighted by atomic mass is 16.6. The van der Waals surface area contributed by atoms with Crippen LogP contribution in [-0.2, 0) is 25.6 Å². The van der Waals surface area contributed by atoms with Crippen molar-refractivity contribution in [3.05, 3.63) is 58.4 Å². The molecule has 1 amide bonds. The van der Waals surface area contributed by atoms with E-state index in [0.717, 1.165) is 5.56 Å². The number of hydrogen-bond donors (Lipinski definition) is 3. The lowest BCUT2D eigenvalue weighted by Gasteiger charge is -2.39. The second-order valence-corrected chi connectivity index (χ2v) is 8.26. The van der Waals surface area contributed by atoms with Gasteiger partial charge in [-0.3, -0.25) is 9.59 Å². The van der Waals surface area contributed by atoms with Crippen LogP contribution in [0, 0.1) is 5.92 Å². The standard InChI is InChI=1S/C22H24N4O5/c1-11-16(24-8-12-6-4-3-5-7-12)19(28)15-13(10-31-21(23)29)22(30-2)20-14(25-20)9-26(22)17(15)18(11)27/h3-7,13-14,20,24-25H,8-10H2,1-2H3,(H2,23,29)/t13-,14+,20+,22?/m0/s1. The van der Waals surface area contributed by atoms with Crippen LogP contribution in [0.25, 0.3) is 0 Å². The van der Waals surface area contributed by atoms with Gasteiger partial charge < -0.3 is 30.7 Å². The highest BCUT2D eigenvalue weighted by Gasteiger charge is 2.72. The Balaban J connectivity index is 1.51. The van der Waals surface area contributed by atoms with E-state index in [1.165, 1.54) is 0 Å². The number of carbonyl (C=O) groups excluding carboxylic acids is 3. The average Bonchev–Trinajstić information content (AvgIpc) is 3.37. The normalized spacial score (nSPS) is 30.9. The first-order valence-corrected chi connectivity index (χ1v) is 10.2. The summed E-state index contributed by atoms with van der Waals surface area (Å²) in [6.07, 6.45) is -0.936. The van der Waals surface area contributed by atoms with E-state index in [0.29, 0.717) is 29.9 Å². The molecule has 9 nitrogen and oxygen atoms in total. The number of hydrogen-bond acceptors (Lipinski definition) is 8. The van der Waals surface area contributed by atoms with Crippen LogP contribution in [0.1, 0.15) is 12.5 Å². The Morgan fingerprint density at radius 2 is 2.03 bits per heavy atom. The quantitative estimate of drug-likeness (QED) is 0.435. The Bertz CT molecular complexity index is 1050. The number of piperazine rings is 1. The number of nitrogens with one attached hydrogen (secondary N) is 2. The SMILES string of the molecule is COC12[C@@H]3N[C@@H]3CN1C1=C(C(=O)C(NCc3ccccc3)=C(C)C1=O)[C@@H]2COC(N)=O. The zero-order chi connectivity index (χ0) is 21.9. The van der Waals surface area contributed by atoms with Gasteiger partial charge in [-0.1, -0.05) is 30.3 Å². The van der Waals surface area contributed by atoms with Crippen LogP contribution in [0.5, 0.6) is 0 Å². The van der Waals surface area contributed by atoms with Crippen LogP contribution in [0.4, 0.5) is 4.79 Å². The molecule has 2 saturated heterocycles. The van der Waals surface area contributed by atoms with Crippen LogP contribution in [-0.4, -0.2) is 60.6 Å². The van der Waals surface area contributed by atoms with Gasteiger partial charge in [-0.25, -0.2) is 4.79 Å². The number of rotatable bonds is 6. The molecule has 0 aromatic heterocycles. The number of Topliss-reactive ketones (excluding diaryl/α,β-unsaturated/α-hetero) is 2. The summed E-state index contributed by atoms with van der Waals surface area (Å²) in [5.41, 5.74) is 6.54. The fourth-order valence-corrected chi connectivity index (χ4v) is 5.29. The summed E-state index contributed by atoms with van der Waals surface area (Å²) in [6, 6.07) is 9.72. The number of benzene rings is 1. The largest absolute Gasteiger partial charge is 0.449 e. The summed E-state index contributed by atoms with van der Waals surface area (Å²) >= 11 is 0. The van der Waals surface area contributed by atoms with Gasteiger partial charge in [0.05, 0.1) is 23.4 Å². The monoisotopic (exact) mass is 424 g/mol. The summed E-state index contributed by atoms with van der Waals surface area (Å²) in [6.45, 7) is 2.47. The van der Waals surface area contributed by atoms with Crippen molar-refractivity contribution < 1.29 is 23.9 Å². The third-order valence-corrected chi connectivity index (χ3v) is 6.74. The maximum atomic E-state index is 13.6. The minimum atomic E-state index is -0.967. The molecule has 31 heavy (non-hydrogen) atoms. The average molecular weight is 424 g/mol. The topological polar surface area (TPSA) is 133 Å². The molecule has 3 heterocycles. The number of nitrogens with two attached hydrogens (primary N) is 1. The van der Waals surface area contributed by atoms with Gasteiger partial charge in [-0.05, 0) is 12.5 Å². The van der Waals surface area contributed by atoms with Crippen LogP contribution in [0.2, 0.25) is 0 Å². The van der Waals surface area contributed by atoms with Gasteiger partial charge in [-0.2, -0.15) is 0 Å². The van der Waals surface area contributed by atoms with E-state index in [-0.39, 0.29) is 36.0 Å². The van der Waals surface area contributed by atoms with E-state index in [1.807, 2.05) is 35.2 Å². The van der Waals surface area contributed by atoms with Crippen LogP contribution >= 0.6 is 0 Å². The second-order valence-electron chi connectivity index (χ2n) is 8.26. The highest BCUT2D eigenvalue weighted by molar-refractivity contribution is 6.25. The van der Waals surface area contributed by atoms with Crippen molar-refractivity contribution in [2.75, 3.05) is 20.3 Å². The molecule has 1 aromatic rings. The molecular weight excluding hydrogens is 400 g/mol.